The van der Waals surface area contributed by atoms with Gasteiger partial charge in [-0.2, -0.15) is 0 Å². The summed E-state index contributed by atoms with van der Waals surface area (Å²) in [6.07, 6.45) is 2.05. The average molecular weight is 526 g/mol. The van der Waals surface area contributed by atoms with Crippen LogP contribution < -0.4 is 11.0 Å². The zero-order valence-corrected chi connectivity index (χ0v) is 20.2. The zero-order valence-electron chi connectivity index (χ0n) is 19.5. The van der Waals surface area contributed by atoms with Gasteiger partial charge < -0.3 is 10.4 Å². The van der Waals surface area contributed by atoms with Gasteiger partial charge in [-0.3, -0.25) is 13.9 Å². The maximum atomic E-state index is 14.8. The first-order valence-electron chi connectivity index (χ1n) is 11.7. The van der Waals surface area contributed by atoms with E-state index in [1.54, 1.807) is 41.0 Å². The molecule has 1 saturated carbocycles. The third kappa shape index (κ3) is 4.74. The standard InChI is InChI=1S/C27H22ClF2N3O4/c28-18-3-1-4-19(29)23(18)25(34)31-21(26(35)36)14-9-15-7-10-17(11-8-15)33-24-20(30)5-2-6-22(24)32(27(33)37)16-12-13-16/h1-8,10-11,16,21H,9,12-14H2,(H,31,34)(H,35,36)/t21-/m0/s1. The van der Waals surface area contributed by atoms with Crippen LogP contribution in [0.3, 0.4) is 0 Å². The van der Waals surface area contributed by atoms with Crippen LogP contribution in [0.15, 0.2) is 65.5 Å². The number of aliphatic carboxylic acids is 1. The van der Waals surface area contributed by atoms with Crippen LogP contribution in [-0.4, -0.2) is 32.2 Å². The molecule has 5 rings (SSSR count). The van der Waals surface area contributed by atoms with Crippen molar-refractivity contribution < 1.29 is 23.5 Å². The number of halogens is 3. The summed E-state index contributed by atoms with van der Waals surface area (Å²) in [5.74, 6) is -3.53. The number of rotatable bonds is 8. The number of hydrogen-bond donors (Lipinski definition) is 2. The highest BCUT2D eigenvalue weighted by Crippen LogP contribution is 2.37. The molecule has 2 N–H and O–H groups in total. The zero-order chi connectivity index (χ0) is 26.3. The molecule has 0 spiro atoms. The second-order valence-corrected chi connectivity index (χ2v) is 9.40. The first-order chi connectivity index (χ1) is 17.8. The molecule has 0 aliphatic heterocycles. The third-order valence-electron chi connectivity index (χ3n) is 6.47. The molecule has 10 heteroatoms. The van der Waals surface area contributed by atoms with Gasteiger partial charge in [0.05, 0.1) is 21.8 Å². The van der Waals surface area contributed by atoms with Crippen LogP contribution >= 0.6 is 11.6 Å². The summed E-state index contributed by atoms with van der Waals surface area (Å²) in [7, 11) is 0. The Balaban J connectivity index is 1.35. The third-order valence-corrected chi connectivity index (χ3v) is 6.78. The summed E-state index contributed by atoms with van der Waals surface area (Å²) in [6.45, 7) is 0. The molecule has 1 atom stereocenters. The van der Waals surface area contributed by atoms with Gasteiger partial charge in [0, 0.05) is 6.04 Å². The lowest BCUT2D eigenvalue weighted by atomic mass is 10.0. The van der Waals surface area contributed by atoms with E-state index in [0.717, 1.165) is 24.5 Å². The van der Waals surface area contributed by atoms with Crippen LogP contribution in [0.5, 0.6) is 0 Å². The molecule has 0 saturated heterocycles. The van der Waals surface area contributed by atoms with Crippen LogP contribution in [0.1, 0.15) is 41.2 Å². The summed E-state index contributed by atoms with van der Waals surface area (Å²) >= 11 is 5.91. The number of fused-ring (bicyclic) bond motifs is 1. The van der Waals surface area contributed by atoms with Crippen LogP contribution in [0.4, 0.5) is 8.78 Å². The van der Waals surface area contributed by atoms with E-state index in [4.69, 9.17) is 11.6 Å². The number of carbonyl (C=O) groups is 2. The fourth-order valence-corrected chi connectivity index (χ4v) is 4.73. The smallest absolute Gasteiger partial charge is 0.334 e. The molecule has 4 aromatic rings. The van der Waals surface area contributed by atoms with Crippen LogP contribution in [0.25, 0.3) is 16.7 Å². The Labute approximate surface area is 214 Å². The number of imidazole rings is 1. The summed E-state index contributed by atoms with van der Waals surface area (Å²) in [6, 6.07) is 14.0. The van der Waals surface area contributed by atoms with E-state index in [9.17, 15) is 28.3 Å². The Morgan fingerprint density at radius 2 is 1.70 bits per heavy atom. The fraction of sp³-hybridized carbons (Fsp3) is 0.222. The summed E-state index contributed by atoms with van der Waals surface area (Å²) in [5.41, 5.74) is 1.27. The molecule has 1 fully saturated rings. The van der Waals surface area contributed by atoms with Gasteiger partial charge in [-0.1, -0.05) is 35.9 Å². The number of nitrogens with zero attached hydrogens (tertiary/aromatic N) is 2. The van der Waals surface area contributed by atoms with Crippen molar-refractivity contribution in [1.82, 2.24) is 14.5 Å². The highest BCUT2D eigenvalue weighted by molar-refractivity contribution is 6.33. The van der Waals surface area contributed by atoms with E-state index < -0.39 is 35.1 Å². The minimum absolute atomic E-state index is 0.0298. The number of nitrogens with one attached hydrogen (secondary N) is 1. The van der Waals surface area contributed by atoms with Crippen molar-refractivity contribution in [2.75, 3.05) is 0 Å². The molecule has 1 heterocycles. The predicted molar refractivity (Wildman–Crippen MR) is 134 cm³/mol. The van der Waals surface area contributed by atoms with Gasteiger partial charge in [0.15, 0.2) is 0 Å². The van der Waals surface area contributed by atoms with E-state index in [1.165, 1.54) is 22.8 Å². The maximum absolute atomic E-state index is 14.8. The molecule has 1 aliphatic carbocycles. The number of aromatic nitrogens is 2. The van der Waals surface area contributed by atoms with Crippen LogP contribution in [0, 0.1) is 11.6 Å². The molecular weight excluding hydrogens is 504 g/mol. The molecule has 0 bridgehead atoms. The Bertz CT molecular complexity index is 1560. The van der Waals surface area contributed by atoms with Gasteiger partial charge >= 0.3 is 11.7 Å². The van der Waals surface area contributed by atoms with Crippen molar-refractivity contribution in [2.24, 2.45) is 0 Å². The van der Waals surface area contributed by atoms with Crippen molar-refractivity contribution in [2.45, 2.75) is 37.8 Å². The molecule has 7 nitrogen and oxygen atoms in total. The van der Waals surface area contributed by atoms with Crippen molar-refractivity contribution in [3.63, 3.8) is 0 Å². The van der Waals surface area contributed by atoms with Gasteiger partial charge in [0.2, 0.25) is 0 Å². The van der Waals surface area contributed by atoms with Gasteiger partial charge in [-0.25, -0.2) is 18.4 Å². The number of carbonyl (C=O) groups excluding carboxylic acids is 1. The quantitative estimate of drug-likeness (QED) is 0.343. The summed E-state index contributed by atoms with van der Waals surface area (Å²) < 4.78 is 31.8. The number of carboxylic acids is 1. The lowest BCUT2D eigenvalue weighted by molar-refractivity contribution is -0.139. The van der Waals surface area contributed by atoms with E-state index >= 15 is 0 Å². The molecule has 1 aliphatic rings. The molecule has 0 unspecified atom stereocenters. The molecule has 0 radical (unpaired) electrons. The van der Waals surface area contributed by atoms with Gasteiger partial charge in [0.25, 0.3) is 5.91 Å². The van der Waals surface area contributed by atoms with Crippen LogP contribution in [0.2, 0.25) is 5.02 Å². The predicted octanol–water partition coefficient (Wildman–Crippen LogP) is 4.87. The van der Waals surface area contributed by atoms with Crippen molar-refractivity contribution >= 4 is 34.5 Å². The largest absolute Gasteiger partial charge is 0.480 e. The SMILES string of the molecule is O=C(N[C@@H](CCc1ccc(-n2c(=O)n(C3CC3)c3cccc(F)c32)cc1)C(=O)O)c1c(F)cccc1Cl. The van der Waals surface area contributed by atoms with Crippen molar-refractivity contribution in [1.29, 1.82) is 0 Å². The number of para-hydroxylation sites is 1. The number of aryl methyl sites for hydroxylation is 1. The van der Waals surface area contributed by atoms with E-state index in [0.29, 0.717) is 11.2 Å². The monoisotopic (exact) mass is 525 g/mol. The molecule has 37 heavy (non-hydrogen) atoms. The molecule has 190 valence electrons. The Morgan fingerprint density at radius 3 is 2.35 bits per heavy atom. The molecule has 1 amide bonds. The number of carboxylic acid groups (broad SMARTS) is 1. The molecular formula is C27H22ClF2N3O4. The van der Waals surface area contributed by atoms with Gasteiger partial charge in [-0.15, -0.1) is 0 Å². The Kier molecular flexibility index (Phi) is 6.55. The first-order valence-corrected chi connectivity index (χ1v) is 12.1. The normalized spacial score (nSPS) is 14.0. The summed E-state index contributed by atoms with van der Waals surface area (Å²) in [5, 5.41) is 11.8. The van der Waals surface area contributed by atoms with Crippen molar-refractivity contribution in [3.8, 4) is 5.69 Å². The fourth-order valence-electron chi connectivity index (χ4n) is 4.48. The van der Waals surface area contributed by atoms with E-state index in [-0.39, 0.29) is 35.1 Å². The maximum Gasteiger partial charge on any atom is 0.334 e. The second-order valence-electron chi connectivity index (χ2n) is 8.99. The minimum atomic E-state index is -1.28. The highest BCUT2D eigenvalue weighted by Gasteiger charge is 2.30. The lowest BCUT2D eigenvalue weighted by Crippen LogP contribution is -2.41. The Hall–Kier alpha value is -3.98. The molecule has 3 aromatic carbocycles. The van der Waals surface area contributed by atoms with Crippen LogP contribution in [-0.2, 0) is 11.2 Å². The number of amides is 1. The van der Waals surface area contributed by atoms with Gasteiger partial charge in [-0.05, 0) is 67.6 Å². The lowest BCUT2D eigenvalue weighted by Gasteiger charge is -2.15. The minimum Gasteiger partial charge on any atom is -0.480 e. The van der Waals surface area contributed by atoms with E-state index in [2.05, 4.69) is 5.32 Å². The van der Waals surface area contributed by atoms with Crippen molar-refractivity contribution in [3.05, 3.63) is 98.9 Å². The second kappa shape index (κ2) is 9.82. The number of hydrogen-bond acceptors (Lipinski definition) is 3. The first kappa shape index (κ1) is 24.7. The number of benzene rings is 3. The van der Waals surface area contributed by atoms with Gasteiger partial charge in [0.1, 0.15) is 23.2 Å². The average Bonchev–Trinajstić information content (AvgIpc) is 3.64. The Morgan fingerprint density at radius 1 is 1.03 bits per heavy atom. The topological polar surface area (TPSA) is 93.3 Å². The molecule has 1 aromatic heterocycles. The van der Waals surface area contributed by atoms with E-state index in [1.807, 2.05) is 0 Å². The summed E-state index contributed by atoms with van der Waals surface area (Å²) in [4.78, 5) is 37.4. The highest BCUT2D eigenvalue weighted by atomic mass is 35.5.